The average Bonchev–Trinajstić information content (AvgIpc) is 2.37. The molecule has 0 aliphatic rings. The first-order valence-corrected chi connectivity index (χ1v) is 6.89. The van der Waals surface area contributed by atoms with Crippen LogP contribution in [-0.2, 0) is 5.75 Å². The van der Waals surface area contributed by atoms with Gasteiger partial charge in [-0.15, -0.1) is 0 Å². The van der Waals surface area contributed by atoms with Crippen molar-refractivity contribution in [3.63, 3.8) is 0 Å². The lowest BCUT2D eigenvalue weighted by Gasteiger charge is -2.16. The molecule has 2 N–H and O–H groups in total. The van der Waals surface area contributed by atoms with Gasteiger partial charge >= 0.3 is 0 Å². The molecule has 0 unspecified atom stereocenters. The lowest BCUT2D eigenvalue weighted by molar-refractivity contribution is 0.411. The van der Waals surface area contributed by atoms with Crippen LogP contribution in [0.15, 0.2) is 24.3 Å². The molecule has 0 fully saturated rings. The van der Waals surface area contributed by atoms with Gasteiger partial charge in [-0.3, -0.25) is 0 Å². The minimum Gasteiger partial charge on any atom is -0.496 e. The Morgan fingerprint density at radius 1 is 1.18 bits per heavy atom. The van der Waals surface area contributed by atoms with Crippen LogP contribution >= 0.6 is 11.8 Å². The summed E-state index contributed by atoms with van der Waals surface area (Å²) < 4.78 is 5.35. The molecule has 4 heteroatoms. The van der Waals surface area contributed by atoms with Crippen molar-refractivity contribution < 1.29 is 4.74 Å². The third-order valence-corrected chi connectivity index (χ3v) is 3.81. The average molecular weight is 254 g/mol. The smallest absolute Gasteiger partial charge is 0.122 e. The molecule has 0 aromatic heterocycles. The molecule has 0 amide bonds. The Labute approximate surface area is 108 Å². The first-order valence-electron chi connectivity index (χ1n) is 5.84. The normalized spacial score (nSPS) is 10.8. The lowest BCUT2D eigenvalue weighted by atomic mass is 10.2. The van der Waals surface area contributed by atoms with Gasteiger partial charge in [-0.1, -0.05) is 18.2 Å². The molecule has 0 aliphatic heterocycles. The van der Waals surface area contributed by atoms with E-state index in [1.807, 2.05) is 38.0 Å². The summed E-state index contributed by atoms with van der Waals surface area (Å²) in [6.07, 6.45) is 0. The molecule has 1 aromatic carbocycles. The lowest BCUT2D eigenvalue weighted by Crippen LogP contribution is -2.30. The fraction of sp³-hybridized carbons (Fsp3) is 0.538. The number of methoxy groups -OCH3 is 1. The van der Waals surface area contributed by atoms with Crippen molar-refractivity contribution in [2.45, 2.75) is 11.0 Å². The van der Waals surface area contributed by atoms with Gasteiger partial charge in [-0.05, 0) is 20.2 Å². The Morgan fingerprint density at radius 2 is 1.82 bits per heavy atom. The van der Waals surface area contributed by atoms with Crippen LogP contribution in [0.3, 0.4) is 0 Å². The molecule has 0 spiro atoms. The number of ether oxygens (including phenoxy) is 1. The van der Waals surface area contributed by atoms with Gasteiger partial charge in [0.15, 0.2) is 0 Å². The highest BCUT2D eigenvalue weighted by atomic mass is 32.2. The molecule has 17 heavy (non-hydrogen) atoms. The summed E-state index contributed by atoms with van der Waals surface area (Å²) in [5.74, 6) is 1.96. The van der Waals surface area contributed by atoms with Crippen molar-refractivity contribution in [1.82, 2.24) is 10.6 Å². The Hall–Kier alpha value is -0.710. The van der Waals surface area contributed by atoms with Crippen molar-refractivity contribution in [3.05, 3.63) is 29.8 Å². The Morgan fingerprint density at radius 3 is 2.41 bits per heavy atom. The van der Waals surface area contributed by atoms with Gasteiger partial charge in [0.05, 0.1) is 7.11 Å². The summed E-state index contributed by atoms with van der Waals surface area (Å²) in [4.78, 5) is 0. The fourth-order valence-corrected chi connectivity index (χ4v) is 2.90. The van der Waals surface area contributed by atoms with E-state index in [2.05, 4.69) is 22.8 Å². The van der Waals surface area contributed by atoms with Crippen molar-refractivity contribution in [1.29, 1.82) is 0 Å². The number of thioether (sulfide) groups is 1. The van der Waals surface area contributed by atoms with Crippen molar-refractivity contribution in [3.8, 4) is 5.75 Å². The van der Waals surface area contributed by atoms with Crippen LogP contribution in [0.4, 0.5) is 0 Å². The standard InChI is InChI=1S/C13H22N2OS/c1-14-8-12(9-15-2)17-10-11-6-4-5-7-13(11)16-3/h4-7,12,14-15H,8-10H2,1-3H3. The summed E-state index contributed by atoms with van der Waals surface area (Å²) >= 11 is 1.95. The Kier molecular flexibility index (Phi) is 7.08. The second kappa shape index (κ2) is 8.39. The second-order valence-electron chi connectivity index (χ2n) is 3.86. The molecule has 0 saturated carbocycles. The van der Waals surface area contributed by atoms with Gasteiger partial charge < -0.3 is 15.4 Å². The zero-order valence-electron chi connectivity index (χ0n) is 10.8. The highest BCUT2D eigenvalue weighted by Gasteiger charge is 2.09. The first kappa shape index (κ1) is 14.4. The van der Waals surface area contributed by atoms with Crippen molar-refractivity contribution in [2.75, 3.05) is 34.3 Å². The highest BCUT2D eigenvalue weighted by molar-refractivity contribution is 7.99. The quantitative estimate of drug-likeness (QED) is 0.740. The van der Waals surface area contributed by atoms with E-state index in [-0.39, 0.29) is 0 Å². The van der Waals surface area contributed by atoms with E-state index in [9.17, 15) is 0 Å². The summed E-state index contributed by atoms with van der Waals surface area (Å²) in [6.45, 7) is 2.03. The zero-order valence-corrected chi connectivity index (χ0v) is 11.6. The van der Waals surface area contributed by atoms with E-state index >= 15 is 0 Å². The number of para-hydroxylation sites is 1. The van der Waals surface area contributed by atoms with Crippen LogP contribution in [0, 0.1) is 0 Å². The Bertz CT molecular complexity index is 314. The minimum atomic E-state index is 0.579. The molecule has 1 rings (SSSR count). The second-order valence-corrected chi connectivity index (χ2v) is 5.15. The van der Waals surface area contributed by atoms with Crippen LogP contribution in [-0.4, -0.2) is 39.5 Å². The summed E-state index contributed by atoms with van der Waals surface area (Å²) in [6, 6.07) is 8.21. The number of nitrogens with one attached hydrogen (secondary N) is 2. The third kappa shape index (κ3) is 4.98. The number of hydrogen-bond acceptors (Lipinski definition) is 4. The summed E-state index contributed by atoms with van der Waals surface area (Å²) in [5, 5.41) is 7.03. The van der Waals surface area contributed by atoms with Gasteiger partial charge in [0.2, 0.25) is 0 Å². The SMILES string of the molecule is CNCC(CNC)SCc1ccccc1OC. The fourth-order valence-electron chi connectivity index (χ4n) is 1.68. The molecule has 0 saturated heterocycles. The van der Waals surface area contributed by atoms with Crippen molar-refractivity contribution >= 4 is 11.8 Å². The van der Waals surface area contributed by atoms with Crippen LogP contribution in [0.2, 0.25) is 0 Å². The molecular formula is C13H22N2OS. The molecule has 3 nitrogen and oxygen atoms in total. The first-order chi connectivity index (χ1) is 8.31. The maximum atomic E-state index is 5.35. The molecule has 1 aromatic rings. The molecule has 0 aliphatic carbocycles. The monoisotopic (exact) mass is 254 g/mol. The third-order valence-electron chi connectivity index (χ3n) is 2.53. The van der Waals surface area contributed by atoms with Crippen LogP contribution in [0.25, 0.3) is 0 Å². The van der Waals surface area contributed by atoms with Gasteiger partial charge in [-0.2, -0.15) is 11.8 Å². The molecule has 0 atom stereocenters. The molecule has 0 bridgehead atoms. The van der Waals surface area contributed by atoms with Gasteiger partial charge in [0.1, 0.15) is 5.75 Å². The molecule has 0 radical (unpaired) electrons. The van der Waals surface area contributed by atoms with E-state index in [0.29, 0.717) is 5.25 Å². The summed E-state index contributed by atoms with van der Waals surface area (Å²) in [7, 11) is 5.71. The predicted molar refractivity (Wildman–Crippen MR) is 75.9 cm³/mol. The maximum Gasteiger partial charge on any atom is 0.122 e. The van der Waals surface area contributed by atoms with Crippen LogP contribution in [0.1, 0.15) is 5.56 Å². The van der Waals surface area contributed by atoms with E-state index in [0.717, 1.165) is 24.6 Å². The summed E-state index contributed by atoms with van der Waals surface area (Å²) in [5.41, 5.74) is 1.26. The number of benzene rings is 1. The topological polar surface area (TPSA) is 33.3 Å². The zero-order chi connectivity index (χ0) is 12.5. The minimum absolute atomic E-state index is 0.579. The van der Waals surface area contributed by atoms with E-state index in [4.69, 9.17) is 4.74 Å². The largest absolute Gasteiger partial charge is 0.496 e. The van der Waals surface area contributed by atoms with Crippen LogP contribution < -0.4 is 15.4 Å². The predicted octanol–water partition coefficient (Wildman–Crippen LogP) is 1.74. The van der Waals surface area contributed by atoms with E-state index in [1.54, 1.807) is 7.11 Å². The van der Waals surface area contributed by atoms with Gasteiger partial charge in [0.25, 0.3) is 0 Å². The highest BCUT2D eigenvalue weighted by Crippen LogP contribution is 2.24. The molecule has 0 heterocycles. The maximum absolute atomic E-state index is 5.35. The Balaban J connectivity index is 2.52. The number of hydrogen-bond donors (Lipinski definition) is 2. The molecule has 96 valence electrons. The molecular weight excluding hydrogens is 232 g/mol. The van der Waals surface area contributed by atoms with Crippen molar-refractivity contribution in [2.24, 2.45) is 0 Å². The van der Waals surface area contributed by atoms with E-state index in [1.165, 1.54) is 5.56 Å². The number of rotatable bonds is 8. The van der Waals surface area contributed by atoms with Gasteiger partial charge in [-0.25, -0.2) is 0 Å². The van der Waals surface area contributed by atoms with Crippen LogP contribution in [0.5, 0.6) is 5.75 Å². The van der Waals surface area contributed by atoms with E-state index < -0.39 is 0 Å². The van der Waals surface area contributed by atoms with Gasteiger partial charge in [0, 0.05) is 29.7 Å².